The Morgan fingerprint density at radius 1 is 0.978 bits per heavy atom. The van der Waals surface area contributed by atoms with Gasteiger partial charge in [-0.25, -0.2) is 19.1 Å². The molecule has 6 rings (SSSR count). The van der Waals surface area contributed by atoms with Crippen LogP contribution in [0.2, 0.25) is 0 Å². The van der Waals surface area contributed by atoms with Crippen molar-refractivity contribution in [3.63, 3.8) is 0 Å². The number of ether oxygens (including phenoxy) is 2. The number of carboxylic acid groups (broad SMARTS) is 1. The molecule has 6 N–H and O–H groups in total. The van der Waals surface area contributed by atoms with Crippen molar-refractivity contribution in [2.75, 3.05) is 6.61 Å². The highest BCUT2D eigenvalue weighted by Crippen LogP contribution is 2.27. The number of rotatable bonds is 8. The van der Waals surface area contributed by atoms with Crippen molar-refractivity contribution in [2.45, 2.75) is 30.7 Å². The molecular formula is C31H28N6O8. The zero-order valence-electron chi connectivity index (χ0n) is 23.5. The molecule has 0 aliphatic carbocycles. The van der Waals surface area contributed by atoms with Gasteiger partial charge in [0.05, 0.1) is 29.5 Å². The maximum absolute atomic E-state index is 11.3. The zero-order valence-corrected chi connectivity index (χ0v) is 23.5. The number of nitrogens with zero attached hydrogens (tertiary/aromatic N) is 5. The quantitative estimate of drug-likeness (QED) is 0.138. The van der Waals surface area contributed by atoms with Crippen molar-refractivity contribution in [1.82, 2.24) is 19.4 Å². The number of aromatic carboxylic acids is 1. The maximum Gasteiger partial charge on any atom is 0.335 e. The van der Waals surface area contributed by atoms with Crippen LogP contribution in [0.5, 0.6) is 5.75 Å². The van der Waals surface area contributed by atoms with Crippen LogP contribution in [0.25, 0.3) is 28.0 Å². The third-order valence-corrected chi connectivity index (χ3v) is 7.33. The van der Waals surface area contributed by atoms with E-state index in [4.69, 9.17) is 20.0 Å². The molecule has 0 saturated carbocycles. The minimum Gasteiger partial charge on any atom is -0.478 e. The SMILES string of the molecule is N=c1c2c(-c3ccccc3)nn(-c3ccc(C(=O)O)cc3)c2ncn1N=Cc1ccc(OC2OC(CO)C(O)C(O)C2O)cc1. The van der Waals surface area contributed by atoms with E-state index in [1.165, 1.54) is 29.4 Å². The molecule has 1 fully saturated rings. The molecule has 3 aromatic carbocycles. The van der Waals surface area contributed by atoms with Crippen LogP contribution >= 0.6 is 0 Å². The molecule has 2 aromatic heterocycles. The van der Waals surface area contributed by atoms with Gasteiger partial charge < -0.3 is 35.0 Å². The Morgan fingerprint density at radius 3 is 2.36 bits per heavy atom. The number of aliphatic hydroxyl groups excluding tert-OH is 4. The number of aliphatic hydroxyl groups is 4. The Bertz CT molecular complexity index is 1910. The fraction of sp³-hybridized carbons (Fsp3) is 0.194. The summed E-state index contributed by atoms with van der Waals surface area (Å²) in [4.78, 5) is 15.9. The average Bonchev–Trinajstić information content (AvgIpc) is 3.46. The molecular weight excluding hydrogens is 584 g/mol. The van der Waals surface area contributed by atoms with E-state index < -0.39 is 43.3 Å². The fourth-order valence-corrected chi connectivity index (χ4v) is 4.90. The van der Waals surface area contributed by atoms with Crippen molar-refractivity contribution in [2.24, 2.45) is 5.10 Å². The van der Waals surface area contributed by atoms with Gasteiger partial charge in [0.2, 0.25) is 6.29 Å². The van der Waals surface area contributed by atoms with Gasteiger partial charge in [-0.2, -0.15) is 10.2 Å². The van der Waals surface area contributed by atoms with Gasteiger partial charge in [-0.15, -0.1) is 0 Å². The van der Waals surface area contributed by atoms with Crippen LogP contribution in [0.3, 0.4) is 0 Å². The fourth-order valence-electron chi connectivity index (χ4n) is 4.90. The first-order valence-electron chi connectivity index (χ1n) is 13.8. The number of hydrogen-bond acceptors (Lipinski definition) is 11. The highest BCUT2D eigenvalue weighted by atomic mass is 16.7. The summed E-state index contributed by atoms with van der Waals surface area (Å²) in [6, 6.07) is 22.1. The lowest BCUT2D eigenvalue weighted by Crippen LogP contribution is -2.60. The lowest BCUT2D eigenvalue weighted by Gasteiger charge is -2.39. The minimum atomic E-state index is -1.55. The van der Waals surface area contributed by atoms with E-state index in [2.05, 4.69) is 10.1 Å². The van der Waals surface area contributed by atoms with Gasteiger partial charge in [-0.3, -0.25) is 5.41 Å². The highest BCUT2D eigenvalue weighted by molar-refractivity contribution is 5.91. The molecule has 0 spiro atoms. The first-order valence-corrected chi connectivity index (χ1v) is 13.8. The second kappa shape index (κ2) is 12.4. The first kappa shape index (κ1) is 29.8. The van der Waals surface area contributed by atoms with Crippen LogP contribution in [-0.2, 0) is 4.74 Å². The predicted octanol–water partition coefficient (Wildman–Crippen LogP) is 1.13. The summed E-state index contributed by atoms with van der Waals surface area (Å²) in [6.07, 6.45) is -4.08. The predicted molar refractivity (Wildman–Crippen MR) is 159 cm³/mol. The summed E-state index contributed by atoms with van der Waals surface area (Å²) in [5, 5.41) is 67.4. The highest BCUT2D eigenvalue weighted by Gasteiger charge is 2.44. The van der Waals surface area contributed by atoms with Crippen LogP contribution in [0.1, 0.15) is 15.9 Å². The number of aromatic nitrogens is 4. The Hall–Kier alpha value is -5.25. The standard InChI is InChI=1S/C31H28N6O8/c32-28-23-24(18-4-2-1-3-5-18)35-37(20-10-8-19(9-11-20)30(42)43)29(23)33-16-36(28)34-14-17-6-12-21(13-7-17)44-31-27(41)26(40)25(39)22(15-38)45-31/h1-14,16,22,25-27,31-32,38-41H,15H2,(H,42,43). The smallest absolute Gasteiger partial charge is 0.335 e. The Morgan fingerprint density at radius 2 is 1.69 bits per heavy atom. The molecule has 5 unspecified atom stereocenters. The van der Waals surface area contributed by atoms with E-state index in [-0.39, 0.29) is 11.1 Å². The van der Waals surface area contributed by atoms with Crippen LogP contribution in [-0.4, -0.2) is 94.5 Å². The van der Waals surface area contributed by atoms with Gasteiger partial charge in [0, 0.05) is 5.56 Å². The molecule has 0 radical (unpaired) electrons. The molecule has 5 atom stereocenters. The van der Waals surface area contributed by atoms with Crippen molar-refractivity contribution in [3.05, 3.63) is 102 Å². The lowest BCUT2D eigenvalue weighted by atomic mass is 9.99. The van der Waals surface area contributed by atoms with Gasteiger partial charge in [-0.05, 0) is 54.1 Å². The Labute approximate surface area is 254 Å². The topological polar surface area (TPSA) is 209 Å². The zero-order chi connectivity index (χ0) is 31.7. The number of hydrogen-bond donors (Lipinski definition) is 6. The number of fused-ring (bicyclic) bond motifs is 1. The number of carboxylic acids is 1. The first-order chi connectivity index (χ1) is 21.7. The molecule has 14 nitrogen and oxygen atoms in total. The molecule has 1 aliphatic rings. The van der Waals surface area contributed by atoms with Gasteiger partial charge in [0.25, 0.3) is 0 Å². The van der Waals surface area contributed by atoms with Gasteiger partial charge in [-0.1, -0.05) is 30.3 Å². The Kier molecular flexibility index (Phi) is 8.21. The minimum absolute atomic E-state index is 0.0195. The molecule has 230 valence electrons. The largest absolute Gasteiger partial charge is 0.478 e. The van der Waals surface area contributed by atoms with E-state index in [0.717, 1.165) is 5.56 Å². The lowest BCUT2D eigenvalue weighted by molar-refractivity contribution is -0.277. The van der Waals surface area contributed by atoms with Gasteiger partial charge in [0.1, 0.15) is 42.2 Å². The van der Waals surface area contributed by atoms with Gasteiger partial charge in [0.15, 0.2) is 11.1 Å². The summed E-state index contributed by atoms with van der Waals surface area (Å²) >= 11 is 0. The monoisotopic (exact) mass is 612 g/mol. The molecule has 5 aromatic rings. The summed E-state index contributed by atoms with van der Waals surface area (Å²) in [5.74, 6) is -0.747. The van der Waals surface area contributed by atoms with E-state index in [9.17, 15) is 30.3 Å². The van der Waals surface area contributed by atoms with E-state index >= 15 is 0 Å². The van der Waals surface area contributed by atoms with Gasteiger partial charge >= 0.3 is 5.97 Å². The third-order valence-electron chi connectivity index (χ3n) is 7.33. The van der Waals surface area contributed by atoms with Crippen LogP contribution < -0.4 is 10.2 Å². The molecule has 1 saturated heterocycles. The van der Waals surface area contributed by atoms with E-state index in [0.29, 0.717) is 33.7 Å². The van der Waals surface area contributed by atoms with Crippen LogP contribution in [0.15, 0.2) is 90.3 Å². The average molecular weight is 613 g/mol. The molecule has 0 amide bonds. The van der Waals surface area contributed by atoms with Crippen LogP contribution in [0, 0.1) is 5.41 Å². The normalized spacial score (nSPS) is 21.7. The third kappa shape index (κ3) is 5.83. The Balaban J connectivity index is 1.29. The van der Waals surface area contributed by atoms with Crippen molar-refractivity contribution < 1.29 is 39.8 Å². The number of benzene rings is 3. The summed E-state index contributed by atoms with van der Waals surface area (Å²) < 4.78 is 13.9. The van der Waals surface area contributed by atoms with Crippen molar-refractivity contribution >= 4 is 23.2 Å². The molecule has 1 aliphatic heterocycles. The number of nitrogens with one attached hydrogen (secondary N) is 1. The summed E-state index contributed by atoms with van der Waals surface area (Å²) in [6.45, 7) is -0.565. The molecule has 3 heterocycles. The van der Waals surface area contributed by atoms with E-state index in [1.807, 2.05) is 30.3 Å². The summed E-state index contributed by atoms with van der Waals surface area (Å²) in [7, 11) is 0. The maximum atomic E-state index is 11.3. The van der Waals surface area contributed by atoms with Crippen LogP contribution in [0.4, 0.5) is 0 Å². The second-order valence-electron chi connectivity index (χ2n) is 10.2. The molecule has 45 heavy (non-hydrogen) atoms. The van der Waals surface area contributed by atoms with E-state index in [1.54, 1.807) is 41.1 Å². The molecule has 0 bridgehead atoms. The summed E-state index contributed by atoms with van der Waals surface area (Å²) in [5.41, 5.74) is 3.02. The number of carbonyl (C=O) groups is 1. The second-order valence-corrected chi connectivity index (χ2v) is 10.2. The van der Waals surface area contributed by atoms with Crippen molar-refractivity contribution in [1.29, 1.82) is 5.41 Å². The van der Waals surface area contributed by atoms with Crippen molar-refractivity contribution in [3.8, 4) is 22.7 Å². The molecule has 14 heteroatoms.